The average molecular weight is 230 g/mol. The van der Waals surface area contributed by atoms with Crippen molar-refractivity contribution < 1.29 is 19.1 Å². The topological polar surface area (TPSA) is 66.9 Å². The average Bonchev–Trinajstić information content (AvgIpc) is 2.24. The molecule has 0 atom stereocenters. The van der Waals surface area contributed by atoms with E-state index in [4.69, 9.17) is 0 Å². The maximum absolute atomic E-state index is 11.5. The number of esters is 1. The van der Waals surface area contributed by atoms with Gasteiger partial charge in [-0.2, -0.15) is 0 Å². The lowest BCUT2D eigenvalue weighted by Crippen LogP contribution is -2.43. The van der Waals surface area contributed by atoms with Crippen LogP contribution in [-0.4, -0.2) is 61.4 Å². The summed E-state index contributed by atoms with van der Waals surface area (Å²) >= 11 is 0. The molecule has 0 rings (SSSR count). The van der Waals surface area contributed by atoms with Crippen LogP contribution in [0, 0.1) is 0 Å². The van der Waals surface area contributed by atoms with E-state index in [0.29, 0.717) is 0 Å². The maximum atomic E-state index is 11.5. The van der Waals surface area contributed by atoms with Crippen LogP contribution in [0.15, 0.2) is 0 Å². The van der Waals surface area contributed by atoms with Crippen molar-refractivity contribution in [2.24, 2.45) is 0 Å². The van der Waals surface area contributed by atoms with E-state index in [2.05, 4.69) is 4.74 Å². The molecule has 0 aliphatic heterocycles. The van der Waals surface area contributed by atoms with Gasteiger partial charge in [0.1, 0.15) is 6.54 Å². The molecule has 0 heterocycles. The van der Waals surface area contributed by atoms with Crippen molar-refractivity contribution in [3.05, 3.63) is 0 Å². The minimum Gasteiger partial charge on any atom is -0.459 e. The van der Waals surface area contributed by atoms with Crippen LogP contribution in [0.2, 0.25) is 0 Å². The summed E-state index contributed by atoms with van der Waals surface area (Å²) in [5.41, 5.74) is 0. The summed E-state index contributed by atoms with van der Waals surface area (Å²) in [6.07, 6.45) is 0. The number of amides is 2. The monoisotopic (exact) mass is 230 g/mol. The van der Waals surface area contributed by atoms with Gasteiger partial charge in [0.15, 0.2) is 0 Å². The number of carbonyl (C=O) groups is 3. The highest BCUT2D eigenvalue weighted by Gasteiger charge is 2.24. The molecule has 0 unspecified atom stereocenters. The van der Waals surface area contributed by atoms with Crippen molar-refractivity contribution in [3.8, 4) is 0 Å². The zero-order chi connectivity index (χ0) is 12.7. The van der Waals surface area contributed by atoms with Crippen LogP contribution in [0.1, 0.15) is 13.8 Å². The number of ether oxygens (including phenoxy) is 1. The van der Waals surface area contributed by atoms with E-state index in [1.54, 1.807) is 27.9 Å². The smallest absolute Gasteiger partial charge is 0.397 e. The van der Waals surface area contributed by atoms with Crippen molar-refractivity contribution in [2.75, 3.05) is 33.8 Å². The fraction of sp³-hybridized carbons (Fsp3) is 0.700. The predicted molar refractivity (Wildman–Crippen MR) is 57.6 cm³/mol. The minimum atomic E-state index is -0.920. The van der Waals surface area contributed by atoms with Gasteiger partial charge < -0.3 is 14.5 Å². The molecule has 16 heavy (non-hydrogen) atoms. The third-order valence-corrected chi connectivity index (χ3v) is 1.94. The molecule has 0 saturated heterocycles. The number of hydrogen-bond donors (Lipinski definition) is 0. The first-order valence-electron chi connectivity index (χ1n) is 5.10. The Hall–Kier alpha value is -1.59. The van der Waals surface area contributed by atoms with E-state index in [-0.39, 0.29) is 25.6 Å². The standard InChI is InChI=1S/C10H18N2O4/c1-5-12(7-8(13)11(3)4)9(14)10(15)16-6-2/h5-7H2,1-4H3. The Morgan fingerprint density at radius 1 is 1.12 bits per heavy atom. The Morgan fingerprint density at radius 2 is 1.69 bits per heavy atom. The summed E-state index contributed by atoms with van der Waals surface area (Å²) in [6, 6.07) is 0. The van der Waals surface area contributed by atoms with Gasteiger partial charge in [-0.1, -0.05) is 0 Å². The molecule has 6 nitrogen and oxygen atoms in total. The fourth-order valence-electron chi connectivity index (χ4n) is 0.954. The van der Waals surface area contributed by atoms with Gasteiger partial charge in [0.2, 0.25) is 5.91 Å². The van der Waals surface area contributed by atoms with Gasteiger partial charge in [-0.05, 0) is 13.8 Å². The van der Waals surface area contributed by atoms with Gasteiger partial charge in [-0.25, -0.2) is 4.79 Å². The Balaban J connectivity index is 4.44. The second kappa shape index (κ2) is 6.81. The molecule has 0 fully saturated rings. The number of carbonyl (C=O) groups excluding carboxylic acids is 3. The van der Waals surface area contributed by atoms with E-state index in [1.807, 2.05) is 0 Å². The number of hydrogen-bond acceptors (Lipinski definition) is 4. The number of likely N-dealkylation sites (N-methyl/N-ethyl adjacent to an activating group) is 2. The zero-order valence-corrected chi connectivity index (χ0v) is 10.1. The van der Waals surface area contributed by atoms with Gasteiger partial charge in [0.05, 0.1) is 6.61 Å². The molecule has 2 amide bonds. The second-order valence-electron chi connectivity index (χ2n) is 3.33. The normalized spacial score (nSPS) is 9.50. The minimum absolute atomic E-state index is 0.110. The zero-order valence-electron chi connectivity index (χ0n) is 10.1. The fourth-order valence-corrected chi connectivity index (χ4v) is 0.954. The van der Waals surface area contributed by atoms with Crippen molar-refractivity contribution in [3.63, 3.8) is 0 Å². The summed E-state index contributed by atoms with van der Waals surface area (Å²) in [4.78, 5) is 36.6. The molecule has 0 aromatic heterocycles. The molecule has 0 aromatic carbocycles. The molecule has 92 valence electrons. The third kappa shape index (κ3) is 4.29. The Kier molecular flexibility index (Phi) is 6.14. The SMILES string of the molecule is CCOC(=O)C(=O)N(CC)CC(=O)N(C)C. The van der Waals surface area contributed by atoms with E-state index in [1.165, 1.54) is 4.90 Å². The van der Waals surface area contributed by atoms with Crippen molar-refractivity contribution in [2.45, 2.75) is 13.8 Å². The Morgan fingerprint density at radius 3 is 2.06 bits per heavy atom. The molecule has 0 aliphatic carbocycles. The first-order chi connectivity index (χ1) is 7.43. The van der Waals surface area contributed by atoms with Crippen LogP contribution < -0.4 is 0 Å². The molecule has 0 aliphatic rings. The molecule has 0 spiro atoms. The molecular weight excluding hydrogens is 212 g/mol. The van der Waals surface area contributed by atoms with E-state index < -0.39 is 11.9 Å². The van der Waals surface area contributed by atoms with Crippen LogP contribution >= 0.6 is 0 Å². The third-order valence-electron chi connectivity index (χ3n) is 1.94. The number of rotatable bonds is 4. The Labute approximate surface area is 95.1 Å². The molecule has 0 bridgehead atoms. The summed E-state index contributed by atoms with van der Waals surface area (Å²) in [5.74, 6) is -1.94. The highest BCUT2D eigenvalue weighted by molar-refractivity contribution is 6.32. The quantitative estimate of drug-likeness (QED) is 0.482. The summed E-state index contributed by atoms with van der Waals surface area (Å²) in [6.45, 7) is 3.63. The number of nitrogens with zero attached hydrogens (tertiary/aromatic N) is 2. The predicted octanol–water partition coefficient (Wildman–Crippen LogP) is -0.514. The van der Waals surface area contributed by atoms with Crippen molar-refractivity contribution in [1.29, 1.82) is 0 Å². The summed E-state index contributed by atoms with van der Waals surface area (Å²) in [5, 5.41) is 0. The molecule has 0 aromatic rings. The molecule has 0 N–H and O–H groups in total. The molecule has 0 radical (unpaired) electrons. The first kappa shape index (κ1) is 14.4. The van der Waals surface area contributed by atoms with Crippen LogP contribution in [0.25, 0.3) is 0 Å². The van der Waals surface area contributed by atoms with Crippen molar-refractivity contribution >= 4 is 17.8 Å². The lowest BCUT2D eigenvalue weighted by atomic mass is 10.4. The highest BCUT2D eigenvalue weighted by atomic mass is 16.5. The Bertz CT molecular complexity index is 276. The highest BCUT2D eigenvalue weighted by Crippen LogP contribution is 1.94. The van der Waals surface area contributed by atoms with Gasteiger partial charge in [-0.3, -0.25) is 9.59 Å². The largest absolute Gasteiger partial charge is 0.459 e. The van der Waals surface area contributed by atoms with E-state index in [0.717, 1.165) is 4.90 Å². The van der Waals surface area contributed by atoms with Gasteiger partial charge >= 0.3 is 11.9 Å². The van der Waals surface area contributed by atoms with E-state index in [9.17, 15) is 14.4 Å². The summed E-state index contributed by atoms with van der Waals surface area (Å²) in [7, 11) is 3.18. The molecule has 6 heteroatoms. The van der Waals surface area contributed by atoms with Gasteiger partial charge in [-0.15, -0.1) is 0 Å². The van der Waals surface area contributed by atoms with Gasteiger partial charge in [0, 0.05) is 20.6 Å². The van der Waals surface area contributed by atoms with Crippen LogP contribution in [0.5, 0.6) is 0 Å². The first-order valence-corrected chi connectivity index (χ1v) is 5.10. The van der Waals surface area contributed by atoms with Crippen LogP contribution in [-0.2, 0) is 19.1 Å². The van der Waals surface area contributed by atoms with Crippen LogP contribution in [0.4, 0.5) is 0 Å². The lowest BCUT2D eigenvalue weighted by molar-refractivity contribution is -0.160. The molecular formula is C10H18N2O4. The van der Waals surface area contributed by atoms with Crippen molar-refractivity contribution in [1.82, 2.24) is 9.80 Å². The maximum Gasteiger partial charge on any atom is 0.397 e. The van der Waals surface area contributed by atoms with Gasteiger partial charge in [0.25, 0.3) is 0 Å². The molecule has 0 saturated carbocycles. The second-order valence-corrected chi connectivity index (χ2v) is 3.33. The van der Waals surface area contributed by atoms with Crippen LogP contribution in [0.3, 0.4) is 0 Å². The van der Waals surface area contributed by atoms with E-state index >= 15 is 0 Å². The summed E-state index contributed by atoms with van der Waals surface area (Å²) < 4.78 is 4.57. The lowest BCUT2D eigenvalue weighted by Gasteiger charge is -2.21.